The Labute approximate surface area is 101 Å². The van der Waals surface area contributed by atoms with Gasteiger partial charge in [0.1, 0.15) is 17.5 Å². The molecule has 0 aromatic heterocycles. The molecule has 0 heterocycles. The number of carbonyl (C=O) groups is 1. The minimum atomic E-state index is -1.01. The van der Waals surface area contributed by atoms with Gasteiger partial charge in [0, 0.05) is 5.56 Å². The van der Waals surface area contributed by atoms with Crippen molar-refractivity contribution < 1.29 is 18.0 Å². The molecule has 18 heavy (non-hydrogen) atoms. The van der Waals surface area contributed by atoms with E-state index in [1.807, 2.05) is 0 Å². The first-order chi connectivity index (χ1) is 8.52. The van der Waals surface area contributed by atoms with Gasteiger partial charge < -0.3 is 5.73 Å². The van der Waals surface area contributed by atoms with Crippen LogP contribution in [0.25, 0.3) is 0 Å². The van der Waals surface area contributed by atoms with Gasteiger partial charge in [-0.25, -0.2) is 13.2 Å². The number of ketones is 1. The summed E-state index contributed by atoms with van der Waals surface area (Å²) in [6, 6.07) is 6.56. The molecule has 0 atom stereocenters. The number of para-hydroxylation sites is 1. The number of hydrogen-bond donors (Lipinski definition) is 1. The maximum atomic E-state index is 13.4. The Balaban J connectivity index is 2.59. The van der Waals surface area contributed by atoms with Crippen molar-refractivity contribution in [3.8, 4) is 0 Å². The minimum absolute atomic E-state index is 0.265. The van der Waals surface area contributed by atoms with E-state index in [4.69, 9.17) is 5.73 Å². The number of benzene rings is 2. The van der Waals surface area contributed by atoms with Crippen molar-refractivity contribution in [2.45, 2.75) is 0 Å². The fourth-order valence-electron chi connectivity index (χ4n) is 1.58. The third-order valence-corrected chi connectivity index (χ3v) is 2.49. The van der Waals surface area contributed by atoms with Crippen LogP contribution in [0.15, 0.2) is 36.4 Å². The summed E-state index contributed by atoms with van der Waals surface area (Å²) in [4.78, 5) is 11.9. The summed E-state index contributed by atoms with van der Waals surface area (Å²) in [5, 5.41) is 0. The standard InChI is InChI=1S/C13H8F3NO/c14-8-4-2-5-9(15)11(8)13(18)7-3-1-6-10(16)12(7)17/h1-6H,17H2. The summed E-state index contributed by atoms with van der Waals surface area (Å²) < 4.78 is 40.0. The smallest absolute Gasteiger partial charge is 0.201 e. The van der Waals surface area contributed by atoms with Crippen LogP contribution in [0.1, 0.15) is 15.9 Å². The normalized spacial score (nSPS) is 10.4. The van der Waals surface area contributed by atoms with Gasteiger partial charge in [0.15, 0.2) is 0 Å². The van der Waals surface area contributed by atoms with Crippen LogP contribution in [0.4, 0.5) is 18.9 Å². The number of nitrogens with two attached hydrogens (primary N) is 1. The van der Waals surface area contributed by atoms with Gasteiger partial charge in [-0.2, -0.15) is 0 Å². The summed E-state index contributed by atoms with van der Waals surface area (Å²) in [5.41, 5.74) is 3.95. The van der Waals surface area contributed by atoms with Gasteiger partial charge in [-0.3, -0.25) is 4.79 Å². The highest BCUT2D eigenvalue weighted by Gasteiger charge is 2.21. The van der Waals surface area contributed by atoms with E-state index < -0.39 is 34.5 Å². The Morgan fingerprint density at radius 3 is 2.00 bits per heavy atom. The van der Waals surface area contributed by atoms with Crippen molar-refractivity contribution in [1.29, 1.82) is 0 Å². The maximum absolute atomic E-state index is 13.4. The molecule has 0 fully saturated rings. The molecule has 92 valence electrons. The Morgan fingerprint density at radius 1 is 0.889 bits per heavy atom. The van der Waals surface area contributed by atoms with Gasteiger partial charge >= 0.3 is 0 Å². The fourth-order valence-corrected chi connectivity index (χ4v) is 1.58. The average Bonchev–Trinajstić information content (AvgIpc) is 2.32. The van der Waals surface area contributed by atoms with Crippen molar-refractivity contribution >= 4 is 11.5 Å². The number of halogens is 3. The number of hydrogen-bond acceptors (Lipinski definition) is 2. The Hall–Kier alpha value is -2.30. The number of carbonyl (C=O) groups excluding carboxylic acids is 1. The Bertz CT molecular complexity index is 605. The molecule has 2 N–H and O–H groups in total. The summed E-state index contributed by atoms with van der Waals surface area (Å²) in [6.45, 7) is 0. The molecule has 2 nitrogen and oxygen atoms in total. The van der Waals surface area contributed by atoms with Gasteiger partial charge in [0.25, 0.3) is 0 Å². The number of anilines is 1. The van der Waals surface area contributed by atoms with Gasteiger partial charge in [-0.15, -0.1) is 0 Å². The van der Waals surface area contributed by atoms with Crippen LogP contribution < -0.4 is 5.73 Å². The predicted molar refractivity (Wildman–Crippen MR) is 60.6 cm³/mol. The fraction of sp³-hybridized carbons (Fsp3) is 0. The van der Waals surface area contributed by atoms with E-state index in [1.54, 1.807) is 0 Å². The second-order valence-corrected chi connectivity index (χ2v) is 3.63. The second-order valence-electron chi connectivity index (χ2n) is 3.63. The van der Waals surface area contributed by atoms with E-state index in [-0.39, 0.29) is 5.56 Å². The van der Waals surface area contributed by atoms with Gasteiger partial charge in [0.2, 0.25) is 5.78 Å². The van der Waals surface area contributed by atoms with E-state index in [2.05, 4.69) is 0 Å². The van der Waals surface area contributed by atoms with Crippen LogP contribution in [0.5, 0.6) is 0 Å². The zero-order valence-electron chi connectivity index (χ0n) is 9.08. The molecule has 0 unspecified atom stereocenters. The predicted octanol–water partition coefficient (Wildman–Crippen LogP) is 2.92. The molecule has 0 saturated heterocycles. The lowest BCUT2D eigenvalue weighted by atomic mass is 10.0. The van der Waals surface area contributed by atoms with Crippen LogP contribution in [-0.2, 0) is 0 Å². The first-order valence-corrected chi connectivity index (χ1v) is 5.05. The molecule has 2 aromatic carbocycles. The summed E-state index contributed by atoms with van der Waals surface area (Å²) in [5.74, 6) is -3.81. The van der Waals surface area contributed by atoms with E-state index in [1.165, 1.54) is 12.1 Å². The second kappa shape index (κ2) is 4.52. The van der Waals surface area contributed by atoms with Crippen molar-refractivity contribution in [1.82, 2.24) is 0 Å². The lowest BCUT2D eigenvalue weighted by molar-refractivity contribution is 0.103. The van der Waals surface area contributed by atoms with Gasteiger partial charge in [0.05, 0.1) is 11.3 Å². The van der Waals surface area contributed by atoms with E-state index >= 15 is 0 Å². The lowest BCUT2D eigenvalue weighted by Gasteiger charge is -2.07. The highest BCUT2D eigenvalue weighted by Crippen LogP contribution is 2.22. The zero-order valence-corrected chi connectivity index (χ0v) is 9.08. The molecule has 0 bridgehead atoms. The highest BCUT2D eigenvalue weighted by atomic mass is 19.1. The number of rotatable bonds is 2. The monoisotopic (exact) mass is 251 g/mol. The number of nitrogen functional groups attached to an aromatic ring is 1. The van der Waals surface area contributed by atoms with Crippen LogP contribution in [-0.4, -0.2) is 5.78 Å². The molecule has 2 rings (SSSR count). The van der Waals surface area contributed by atoms with Crippen molar-refractivity contribution in [2.24, 2.45) is 0 Å². The molecular formula is C13H8F3NO. The van der Waals surface area contributed by atoms with Crippen LogP contribution in [0.2, 0.25) is 0 Å². The topological polar surface area (TPSA) is 43.1 Å². The van der Waals surface area contributed by atoms with Crippen molar-refractivity contribution in [3.05, 3.63) is 65.0 Å². The summed E-state index contributed by atoms with van der Waals surface area (Å²) in [6.07, 6.45) is 0. The zero-order chi connectivity index (χ0) is 13.3. The Morgan fingerprint density at radius 2 is 1.39 bits per heavy atom. The summed E-state index contributed by atoms with van der Waals surface area (Å²) >= 11 is 0. The molecule has 0 aliphatic carbocycles. The highest BCUT2D eigenvalue weighted by molar-refractivity contribution is 6.12. The quantitative estimate of drug-likeness (QED) is 0.658. The molecule has 2 aromatic rings. The SMILES string of the molecule is Nc1c(F)cccc1C(=O)c1c(F)cccc1F. The first-order valence-electron chi connectivity index (χ1n) is 5.05. The molecule has 0 radical (unpaired) electrons. The first kappa shape index (κ1) is 12.2. The van der Waals surface area contributed by atoms with E-state index in [0.29, 0.717) is 0 Å². The molecule has 0 aliphatic heterocycles. The van der Waals surface area contributed by atoms with E-state index in [0.717, 1.165) is 24.3 Å². The largest absolute Gasteiger partial charge is 0.396 e. The lowest BCUT2D eigenvalue weighted by Crippen LogP contribution is -2.10. The third kappa shape index (κ3) is 1.95. The maximum Gasteiger partial charge on any atom is 0.201 e. The molecule has 0 aliphatic rings. The third-order valence-electron chi connectivity index (χ3n) is 2.49. The van der Waals surface area contributed by atoms with Crippen LogP contribution >= 0.6 is 0 Å². The van der Waals surface area contributed by atoms with E-state index in [9.17, 15) is 18.0 Å². The van der Waals surface area contributed by atoms with Gasteiger partial charge in [-0.1, -0.05) is 12.1 Å². The average molecular weight is 251 g/mol. The minimum Gasteiger partial charge on any atom is -0.396 e. The van der Waals surface area contributed by atoms with Crippen LogP contribution in [0.3, 0.4) is 0 Å². The summed E-state index contributed by atoms with van der Waals surface area (Å²) in [7, 11) is 0. The molecule has 0 spiro atoms. The van der Waals surface area contributed by atoms with Gasteiger partial charge in [-0.05, 0) is 24.3 Å². The Kier molecular flexibility index (Phi) is 3.06. The molecule has 0 saturated carbocycles. The van der Waals surface area contributed by atoms with Crippen LogP contribution in [0, 0.1) is 17.5 Å². The molecule has 0 amide bonds. The molecule has 5 heteroatoms. The van der Waals surface area contributed by atoms with Crippen molar-refractivity contribution in [2.75, 3.05) is 5.73 Å². The van der Waals surface area contributed by atoms with Crippen molar-refractivity contribution in [3.63, 3.8) is 0 Å². The molecular weight excluding hydrogens is 243 g/mol.